The molecule has 2 aromatic rings. The summed E-state index contributed by atoms with van der Waals surface area (Å²) in [5, 5.41) is 9.19. The Hall–Kier alpha value is -1.46. The Morgan fingerprint density at radius 3 is 2.47 bits per heavy atom. The van der Waals surface area contributed by atoms with E-state index in [0.29, 0.717) is 11.0 Å². The molecule has 1 saturated heterocycles. The van der Waals surface area contributed by atoms with Gasteiger partial charge in [0.2, 0.25) is 0 Å². The van der Waals surface area contributed by atoms with Crippen molar-refractivity contribution in [3.8, 4) is 0 Å². The normalized spacial score (nSPS) is 15.9. The quantitative estimate of drug-likeness (QED) is 0.802. The summed E-state index contributed by atoms with van der Waals surface area (Å²) in [5.41, 5.74) is 5.55. The molecule has 102 valence electrons. The zero-order chi connectivity index (χ0) is 13.7. The number of likely N-dealkylation sites (tertiary alicyclic amines) is 1. The van der Waals surface area contributed by atoms with Crippen molar-refractivity contribution in [1.29, 1.82) is 0 Å². The van der Waals surface area contributed by atoms with Crippen molar-refractivity contribution in [2.45, 2.75) is 19.3 Å². The first-order chi connectivity index (χ1) is 9.18. The van der Waals surface area contributed by atoms with Crippen molar-refractivity contribution in [2.24, 2.45) is 0 Å². The Morgan fingerprint density at radius 2 is 1.89 bits per heavy atom. The summed E-state index contributed by atoms with van der Waals surface area (Å²) in [6.45, 7) is 2.64. The fourth-order valence-electron chi connectivity index (χ4n) is 2.04. The molecule has 1 fully saturated rings. The fraction of sp³-hybridized carbons (Fsp3) is 0.462. The Balaban J connectivity index is 0.000000163. The van der Waals surface area contributed by atoms with Gasteiger partial charge in [-0.3, -0.25) is 4.98 Å². The summed E-state index contributed by atoms with van der Waals surface area (Å²) < 4.78 is 0. The van der Waals surface area contributed by atoms with E-state index in [1.165, 1.54) is 32.4 Å². The molecule has 0 amide bonds. The zero-order valence-electron chi connectivity index (χ0n) is 11.0. The molecule has 0 unspecified atom stereocenters. The number of anilines is 1. The molecule has 2 N–H and O–H groups in total. The summed E-state index contributed by atoms with van der Waals surface area (Å²) in [5.74, 6) is 0.350. The molecule has 0 bridgehead atoms. The number of hydrogen-bond acceptors (Lipinski definition) is 5. The van der Waals surface area contributed by atoms with Gasteiger partial charge in [0.25, 0.3) is 0 Å². The van der Waals surface area contributed by atoms with Crippen LogP contribution < -0.4 is 5.73 Å². The molecule has 3 heterocycles. The average molecular weight is 280 g/mol. The second-order valence-corrected chi connectivity index (χ2v) is 5.02. The first kappa shape index (κ1) is 14.0. The van der Waals surface area contributed by atoms with Gasteiger partial charge in [-0.05, 0) is 39.0 Å². The number of pyridine rings is 1. The predicted molar refractivity (Wildman–Crippen MR) is 78.1 cm³/mol. The van der Waals surface area contributed by atoms with Crippen LogP contribution in [0.5, 0.6) is 0 Å². The van der Waals surface area contributed by atoms with E-state index >= 15 is 0 Å². The van der Waals surface area contributed by atoms with E-state index in [1.54, 1.807) is 18.5 Å². The van der Waals surface area contributed by atoms with E-state index in [4.69, 9.17) is 17.3 Å². The molecule has 0 aromatic carbocycles. The van der Waals surface area contributed by atoms with Gasteiger partial charge in [-0.25, -0.2) is 0 Å². The second-order valence-electron chi connectivity index (χ2n) is 4.66. The molecule has 2 aromatic heterocycles. The van der Waals surface area contributed by atoms with Gasteiger partial charge >= 0.3 is 0 Å². The van der Waals surface area contributed by atoms with Crippen molar-refractivity contribution >= 4 is 28.2 Å². The first-order valence-electron chi connectivity index (χ1n) is 6.38. The third-order valence-electron chi connectivity index (χ3n) is 3.14. The van der Waals surface area contributed by atoms with Crippen LogP contribution in [0.25, 0.3) is 10.8 Å². The second kappa shape index (κ2) is 6.63. The van der Waals surface area contributed by atoms with Gasteiger partial charge < -0.3 is 10.6 Å². The molecule has 0 spiro atoms. The zero-order valence-corrected chi connectivity index (χ0v) is 11.8. The molecule has 1 aliphatic rings. The van der Waals surface area contributed by atoms with Gasteiger partial charge in [-0.2, -0.15) is 0 Å². The van der Waals surface area contributed by atoms with Crippen LogP contribution in [0.2, 0.25) is 5.15 Å². The highest BCUT2D eigenvalue weighted by molar-refractivity contribution is 6.34. The Bertz CT molecular complexity index is 499. The summed E-state index contributed by atoms with van der Waals surface area (Å²) in [7, 11) is 2.19. The maximum Gasteiger partial charge on any atom is 0.159 e. The lowest BCUT2D eigenvalue weighted by Gasteiger charge is -2.20. The number of nitrogens with zero attached hydrogens (tertiary/aromatic N) is 4. The molecular formula is C13H18ClN5. The number of hydrogen-bond donors (Lipinski definition) is 1. The summed E-state index contributed by atoms with van der Waals surface area (Å²) in [4.78, 5) is 6.30. The lowest BCUT2D eigenvalue weighted by molar-refractivity contribution is 0.277. The Morgan fingerprint density at radius 1 is 1.16 bits per heavy atom. The van der Waals surface area contributed by atoms with Crippen molar-refractivity contribution in [1.82, 2.24) is 20.1 Å². The molecule has 0 atom stereocenters. The van der Waals surface area contributed by atoms with Crippen molar-refractivity contribution < 1.29 is 0 Å². The lowest BCUT2D eigenvalue weighted by Crippen LogP contribution is -2.24. The van der Waals surface area contributed by atoms with Gasteiger partial charge in [0.1, 0.15) is 0 Å². The molecule has 0 radical (unpaired) electrons. The molecule has 0 saturated carbocycles. The third kappa shape index (κ3) is 3.75. The van der Waals surface area contributed by atoms with Gasteiger partial charge in [0, 0.05) is 23.2 Å². The first-order valence-corrected chi connectivity index (χ1v) is 6.76. The van der Waals surface area contributed by atoms with Crippen LogP contribution >= 0.6 is 11.6 Å². The maximum absolute atomic E-state index is 5.77. The fourth-order valence-corrected chi connectivity index (χ4v) is 2.24. The van der Waals surface area contributed by atoms with Crippen molar-refractivity contribution in [3.05, 3.63) is 23.6 Å². The molecule has 0 aliphatic carbocycles. The van der Waals surface area contributed by atoms with E-state index in [2.05, 4.69) is 27.1 Å². The number of rotatable bonds is 0. The predicted octanol–water partition coefficient (Wildman–Crippen LogP) is 2.36. The van der Waals surface area contributed by atoms with Gasteiger partial charge in [0.15, 0.2) is 11.0 Å². The number of piperidine rings is 1. The van der Waals surface area contributed by atoms with Gasteiger partial charge in [-0.1, -0.05) is 18.0 Å². The van der Waals surface area contributed by atoms with Crippen LogP contribution in [0.15, 0.2) is 18.5 Å². The average Bonchev–Trinajstić information content (AvgIpc) is 2.45. The van der Waals surface area contributed by atoms with Crippen molar-refractivity contribution in [2.75, 3.05) is 25.9 Å². The Labute approximate surface area is 117 Å². The monoisotopic (exact) mass is 279 g/mol. The number of halogens is 1. The maximum atomic E-state index is 5.77. The number of nitrogen functional groups attached to an aromatic ring is 1. The van der Waals surface area contributed by atoms with Crippen molar-refractivity contribution in [3.63, 3.8) is 0 Å². The van der Waals surface area contributed by atoms with Gasteiger partial charge in [0.05, 0.1) is 0 Å². The van der Waals surface area contributed by atoms with E-state index < -0.39 is 0 Å². The third-order valence-corrected chi connectivity index (χ3v) is 3.42. The minimum Gasteiger partial charge on any atom is -0.382 e. The number of aromatic nitrogens is 3. The van der Waals surface area contributed by atoms with E-state index in [9.17, 15) is 0 Å². The molecule has 3 rings (SSSR count). The van der Waals surface area contributed by atoms with E-state index in [-0.39, 0.29) is 0 Å². The number of nitrogens with two attached hydrogens (primary N) is 1. The summed E-state index contributed by atoms with van der Waals surface area (Å²) >= 11 is 5.77. The highest BCUT2D eigenvalue weighted by Gasteiger charge is 2.03. The molecule has 19 heavy (non-hydrogen) atoms. The SMILES string of the molecule is CN1CCCCC1.Nc1nnc(Cl)c2ccncc12. The largest absolute Gasteiger partial charge is 0.382 e. The summed E-state index contributed by atoms with van der Waals surface area (Å²) in [6, 6.07) is 1.75. The summed E-state index contributed by atoms with van der Waals surface area (Å²) in [6.07, 6.45) is 7.53. The molecule has 5 nitrogen and oxygen atoms in total. The lowest BCUT2D eigenvalue weighted by atomic mass is 10.1. The van der Waals surface area contributed by atoms with Crippen LogP contribution in [-0.2, 0) is 0 Å². The van der Waals surface area contributed by atoms with Crippen LogP contribution in [-0.4, -0.2) is 40.2 Å². The topological polar surface area (TPSA) is 67.9 Å². The van der Waals surface area contributed by atoms with E-state index in [1.807, 2.05) is 0 Å². The Kier molecular flexibility index (Phi) is 4.87. The van der Waals surface area contributed by atoms with Crippen LogP contribution in [0.3, 0.4) is 0 Å². The molecular weight excluding hydrogens is 262 g/mol. The highest BCUT2D eigenvalue weighted by Crippen LogP contribution is 2.22. The smallest absolute Gasteiger partial charge is 0.159 e. The molecule has 6 heteroatoms. The van der Waals surface area contributed by atoms with E-state index in [0.717, 1.165) is 10.8 Å². The molecule has 1 aliphatic heterocycles. The van der Waals surface area contributed by atoms with Gasteiger partial charge in [-0.15, -0.1) is 10.2 Å². The number of fused-ring (bicyclic) bond motifs is 1. The minimum atomic E-state index is 0.349. The highest BCUT2D eigenvalue weighted by atomic mass is 35.5. The van der Waals surface area contributed by atoms with Crippen LogP contribution in [0.4, 0.5) is 5.82 Å². The standard InChI is InChI=1S/C7H5ClN4.C6H13N/c8-6-4-1-2-10-3-5(4)7(9)12-11-6;1-7-5-3-2-4-6-7/h1-3H,(H2,9,12);2-6H2,1H3. The minimum absolute atomic E-state index is 0.349. The van der Waals surface area contributed by atoms with Crippen LogP contribution in [0, 0.1) is 0 Å². The van der Waals surface area contributed by atoms with Crippen LogP contribution in [0.1, 0.15) is 19.3 Å².